The summed E-state index contributed by atoms with van der Waals surface area (Å²) in [6, 6.07) is 4.02. The molecule has 0 saturated heterocycles. The molecule has 1 atom stereocenters. The Kier molecular flexibility index (Phi) is 4.41. The first-order chi connectivity index (χ1) is 7.53. The Bertz CT molecular complexity index is 313. The molecule has 0 bridgehead atoms. The average molecular weight is 223 g/mol. The summed E-state index contributed by atoms with van der Waals surface area (Å²) in [4.78, 5) is 6.09. The lowest BCUT2D eigenvalue weighted by atomic mass is 9.98. The summed E-state index contributed by atoms with van der Waals surface area (Å²) in [6.07, 6.45) is 3.52. The SMILES string of the molecule is CN(C(CN)c1ccncc1)C(C)(C)CO. The molecule has 0 aliphatic rings. The highest BCUT2D eigenvalue weighted by Gasteiger charge is 2.28. The van der Waals surface area contributed by atoms with Crippen LogP contribution in [0.1, 0.15) is 25.5 Å². The fraction of sp³-hybridized carbons (Fsp3) is 0.583. The van der Waals surface area contributed by atoms with Crippen molar-refractivity contribution < 1.29 is 5.11 Å². The van der Waals surface area contributed by atoms with E-state index >= 15 is 0 Å². The topological polar surface area (TPSA) is 62.4 Å². The van der Waals surface area contributed by atoms with Crippen LogP contribution in [0.2, 0.25) is 0 Å². The van der Waals surface area contributed by atoms with Gasteiger partial charge < -0.3 is 10.8 Å². The number of rotatable bonds is 5. The van der Waals surface area contributed by atoms with Gasteiger partial charge in [-0.3, -0.25) is 9.88 Å². The third-order valence-electron chi connectivity index (χ3n) is 3.12. The van der Waals surface area contributed by atoms with Crippen molar-refractivity contribution in [3.05, 3.63) is 30.1 Å². The fourth-order valence-electron chi connectivity index (χ4n) is 1.64. The quantitative estimate of drug-likeness (QED) is 0.774. The van der Waals surface area contributed by atoms with Crippen LogP contribution in [-0.4, -0.2) is 40.7 Å². The second kappa shape index (κ2) is 5.39. The molecule has 3 N–H and O–H groups in total. The van der Waals surface area contributed by atoms with Crippen LogP contribution in [0.4, 0.5) is 0 Å². The largest absolute Gasteiger partial charge is 0.394 e. The minimum atomic E-state index is -0.284. The van der Waals surface area contributed by atoms with Crippen molar-refractivity contribution in [2.75, 3.05) is 20.2 Å². The van der Waals surface area contributed by atoms with Crippen molar-refractivity contribution in [1.29, 1.82) is 0 Å². The third-order valence-corrected chi connectivity index (χ3v) is 3.12. The molecule has 0 aromatic carbocycles. The Morgan fingerprint density at radius 3 is 2.44 bits per heavy atom. The summed E-state index contributed by atoms with van der Waals surface area (Å²) >= 11 is 0. The van der Waals surface area contributed by atoms with Gasteiger partial charge in [0, 0.05) is 30.5 Å². The molecule has 4 nitrogen and oxygen atoms in total. The van der Waals surface area contributed by atoms with E-state index in [4.69, 9.17) is 5.73 Å². The van der Waals surface area contributed by atoms with E-state index < -0.39 is 0 Å². The zero-order valence-corrected chi connectivity index (χ0v) is 10.2. The Hall–Kier alpha value is -0.970. The Labute approximate surface area is 97.1 Å². The number of likely N-dealkylation sites (N-methyl/N-ethyl adjacent to an activating group) is 1. The standard InChI is InChI=1S/C12H21N3O/c1-12(2,9-16)15(3)11(8-13)10-4-6-14-7-5-10/h4-7,11,16H,8-9,13H2,1-3H3. The highest BCUT2D eigenvalue weighted by molar-refractivity contribution is 5.16. The van der Waals surface area contributed by atoms with Gasteiger partial charge in [0.15, 0.2) is 0 Å². The number of nitrogens with two attached hydrogens (primary N) is 1. The van der Waals surface area contributed by atoms with Gasteiger partial charge in [0.1, 0.15) is 0 Å². The smallest absolute Gasteiger partial charge is 0.0610 e. The van der Waals surface area contributed by atoms with Crippen molar-refractivity contribution >= 4 is 0 Å². The van der Waals surface area contributed by atoms with E-state index in [-0.39, 0.29) is 18.2 Å². The lowest BCUT2D eigenvalue weighted by Crippen LogP contribution is -2.48. The van der Waals surface area contributed by atoms with Gasteiger partial charge in [-0.05, 0) is 38.6 Å². The maximum absolute atomic E-state index is 9.36. The number of aliphatic hydroxyl groups is 1. The Morgan fingerprint density at radius 1 is 1.44 bits per heavy atom. The van der Waals surface area contributed by atoms with Crippen molar-refractivity contribution in [3.63, 3.8) is 0 Å². The first kappa shape index (κ1) is 13.1. The minimum Gasteiger partial charge on any atom is -0.394 e. The molecule has 1 aromatic rings. The average Bonchev–Trinajstić information content (AvgIpc) is 2.31. The van der Waals surface area contributed by atoms with Gasteiger partial charge >= 0.3 is 0 Å². The van der Waals surface area contributed by atoms with Gasteiger partial charge in [-0.15, -0.1) is 0 Å². The van der Waals surface area contributed by atoms with Crippen LogP contribution >= 0.6 is 0 Å². The van der Waals surface area contributed by atoms with E-state index in [0.29, 0.717) is 6.54 Å². The zero-order chi connectivity index (χ0) is 12.2. The van der Waals surface area contributed by atoms with Crippen molar-refractivity contribution in [3.8, 4) is 0 Å². The van der Waals surface area contributed by atoms with E-state index in [1.807, 2.05) is 33.0 Å². The molecule has 1 rings (SSSR count). The number of aromatic nitrogens is 1. The van der Waals surface area contributed by atoms with Crippen LogP contribution in [0.25, 0.3) is 0 Å². The predicted octanol–water partition coefficient (Wildman–Crippen LogP) is 0.784. The van der Waals surface area contributed by atoms with Gasteiger partial charge in [0.2, 0.25) is 0 Å². The van der Waals surface area contributed by atoms with Crippen molar-refractivity contribution in [2.24, 2.45) is 5.73 Å². The van der Waals surface area contributed by atoms with Gasteiger partial charge in [0.25, 0.3) is 0 Å². The lowest BCUT2D eigenvalue weighted by Gasteiger charge is -2.39. The van der Waals surface area contributed by atoms with E-state index in [1.165, 1.54) is 0 Å². The van der Waals surface area contributed by atoms with Crippen LogP contribution in [0.5, 0.6) is 0 Å². The molecule has 1 aromatic heterocycles. The molecule has 0 amide bonds. The van der Waals surface area contributed by atoms with E-state index in [9.17, 15) is 5.11 Å². The second-order valence-corrected chi connectivity index (χ2v) is 4.61. The third kappa shape index (κ3) is 2.78. The van der Waals surface area contributed by atoms with Gasteiger partial charge in [0.05, 0.1) is 6.61 Å². The molecular formula is C12H21N3O. The molecule has 0 fully saturated rings. The van der Waals surface area contributed by atoms with Crippen molar-refractivity contribution in [1.82, 2.24) is 9.88 Å². The fourth-order valence-corrected chi connectivity index (χ4v) is 1.64. The number of aliphatic hydroxyl groups excluding tert-OH is 1. The van der Waals surface area contributed by atoms with Crippen LogP contribution in [-0.2, 0) is 0 Å². The maximum atomic E-state index is 9.36. The van der Waals surface area contributed by atoms with Crippen LogP contribution < -0.4 is 5.73 Å². The molecule has 16 heavy (non-hydrogen) atoms. The highest BCUT2D eigenvalue weighted by atomic mass is 16.3. The Balaban J connectivity index is 2.91. The molecule has 4 heteroatoms. The van der Waals surface area contributed by atoms with E-state index in [0.717, 1.165) is 5.56 Å². The van der Waals surface area contributed by atoms with Gasteiger partial charge in [-0.2, -0.15) is 0 Å². The summed E-state index contributed by atoms with van der Waals surface area (Å²) in [5.41, 5.74) is 6.66. The summed E-state index contributed by atoms with van der Waals surface area (Å²) in [7, 11) is 1.98. The van der Waals surface area contributed by atoms with Gasteiger partial charge in [-0.25, -0.2) is 0 Å². The van der Waals surface area contributed by atoms with E-state index in [1.54, 1.807) is 12.4 Å². The van der Waals surface area contributed by atoms with Crippen LogP contribution in [0.3, 0.4) is 0 Å². The number of hydrogen-bond acceptors (Lipinski definition) is 4. The van der Waals surface area contributed by atoms with Gasteiger partial charge in [-0.1, -0.05) is 0 Å². The summed E-state index contributed by atoms with van der Waals surface area (Å²) in [5, 5.41) is 9.36. The number of nitrogens with zero attached hydrogens (tertiary/aromatic N) is 2. The Morgan fingerprint density at radius 2 is 2.00 bits per heavy atom. The van der Waals surface area contributed by atoms with Crippen LogP contribution in [0.15, 0.2) is 24.5 Å². The molecule has 1 heterocycles. The first-order valence-corrected chi connectivity index (χ1v) is 5.46. The van der Waals surface area contributed by atoms with E-state index in [2.05, 4.69) is 9.88 Å². The highest BCUT2D eigenvalue weighted by Crippen LogP contribution is 2.25. The summed E-state index contributed by atoms with van der Waals surface area (Å²) < 4.78 is 0. The molecule has 90 valence electrons. The molecular weight excluding hydrogens is 202 g/mol. The first-order valence-electron chi connectivity index (χ1n) is 5.46. The molecule has 1 unspecified atom stereocenters. The number of pyridine rings is 1. The lowest BCUT2D eigenvalue weighted by molar-refractivity contribution is 0.0470. The molecule has 0 saturated carbocycles. The molecule has 0 spiro atoms. The van der Waals surface area contributed by atoms with Crippen molar-refractivity contribution in [2.45, 2.75) is 25.4 Å². The zero-order valence-electron chi connectivity index (χ0n) is 10.2. The minimum absolute atomic E-state index is 0.102. The molecule has 0 aliphatic heterocycles. The monoisotopic (exact) mass is 223 g/mol. The number of hydrogen-bond donors (Lipinski definition) is 2. The molecule has 0 aliphatic carbocycles. The van der Waals surface area contributed by atoms with Crippen LogP contribution in [0, 0.1) is 0 Å². The summed E-state index contributed by atoms with van der Waals surface area (Å²) in [6.45, 7) is 4.61. The predicted molar refractivity (Wildman–Crippen MR) is 65.0 cm³/mol. The second-order valence-electron chi connectivity index (χ2n) is 4.61. The summed E-state index contributed by atoms with van der Waals surface area (Å²) in [5.74, 6) is 0. The maximum Gasteiger partial charge on any atom is 0.0610 e. The normalized spacial score (nSPS) is 14.1. The molecule has 0 radical (unpaired) electrons.